The van der Waals surface area contributed by atoms with Gasteiger partial charge in [0.05, 0.1) is 10.9 Å². The largest absolute Gasteiger partial charge is 0.354 e. The number of rotatable bonds is 4. The van der Waals surface area contributed by atoms with Crippen LogP contribution >= 0.6 is 11.3 Å². The molecule has 0 spiro atoms. The van der Waals surface area contributed by atoms with Gasteiger partial charge in [-0.3, -0.25) is 9.59 Å². The maximum atomic E-state index is 12.9. The Kier molecular flexibility index (Phi) is 5.22. The summed E-state index contributed by atoms with van der Waals surface area (Å²) in [7, 11) is 0. The summed E-state index contributed by atoms with van der Waals surface area (Å²) in [5.41, 5.74) is 0. The van der Waals surface area contributed by atoms with Crippen LogP contribution in [0.3, 0.4) is 0 Å². The molecule has 3 heterocycles. The summed E-state index contributed by atoms with van der Waals surface area (Å²) in [6.07, 6.45) is 4.05. The predicted molar refractivity (Wildman–Crippen MR) is 104 cm³/mol. The van der Waals surface area contributed by atoms with Crippen LogP contribution in [0.2, 0.25) is 0 Å². The third-order valence-electron chi connectivity index (χ3n) is 5.38. The van der Waals surface area contributed by atoms with Gasteiger partial charge in [-0.2, -0.15) is 0 Å². The van der Waals surface area contributed by atoms with Crippen molar-refractivity contribution in [3.8, 4) is 0 Å². The van der Waals surface area contributed by atoms with Gasteiger partial charge in [-0.1, -0.05) is 18.2 Å². The quantitative estimate of drug-likeness (QED) is 0.869. The van der Waals surface area contributed by atoms with Crippen LogP contribution in [-0.4, -0.2) is 48.9 Å². The summed E-state index contributed by atoms with van der Waals surface area (Å²) < 4.78 is 1.15. The lowest BCUT2D eigenvalue weighted by Gasteiger charge is -2.32. The second-order valence-corrected chi connectivity index (χ2v) is 8.39. The number of amides is 2. The molecule has 6 heteroatoms. The number of carbonyl (C=O) groups is 2. The molecule has 2 saturated heterocycles. The molecule has 138 valence electrons. The molecule has 0 radical (unpaired) electrons. The second-order valence-electron chi connectivity index (χ2n) is 7.30. The van der Waals surface area contributed by atoms with E-state index in [0.717, 1.165) is 60.3 Å². The van der Waals surface area contributed by atoms with E-state index < -0.39 is 0 Å². The first-order chi connectivity index (χ1) is 12.7. The number of carbonyl (C=O) groups excluding carboxylic acids is 2. The first kappa shape index (κ1) is 17.5. The summed E-state index contributed by atoms with van der Waals surface area (Å²) >= 11 is 1.57. The highest BCUT2D eigenvalue weighted by Crippen LogP contribution is 2.27. The van der Waals surface area contributed by atoms with E-state index in [0.29, 0.717) is 12.5 Å². The molecule has 2 fully saturated rings. The van der Waals surface area contributed by atoms with E-state index in [-0.39, 0.29) is 17.9 Å². The fourth-order valence-corrected chi connectivity index (χ4v) is 4.97. The van der Waals surface area contributed by atoms with E-state index in [1.165, 1.54) is 0 Å². The number of benzene rings is 1. The van der Waals surface area contributed by atoms with E-state index in [4.69, 9.17) is 0 Å². The van der Waals surface area contributed by atoms with Gasteiger partial charge in [0.2, 0.25) is 5.91 Å². The van der Waals surface area contributed by atoms with Crippen LogP contribution in [0, 0.1) is 5.92 Å². The van der Waals surface area contributed by atoms with Crippen molar-refractivity contribution in [1.82, 2.24) is 15.5 Å². The zero-order valence-corrected chi connectivity index (χ0v) is 15.7. The van der Waals surface area contributed by atoms with Crippen LogP contribution in [-0.2, 0) is 4.79 Å². The number of hydrogen-bond donors (Lipinski definition) is 2. The van der Waals surface area contributed by atoms with Crippen molar-refractivity contribution < 1.29 is 9.59 Å². The summed E-state index contributed by atoms with van der Waals surface area (Å²) in [5.74, 6) is 0.572. The van der Waals surface area contributed by atoms with Crippen molar-refractivity contribution >= 4 is 33.2 Å². The molecule has 2 aliphatic heterocycles. The zero-order valence-electron chi connectivity index (χ0n) is 14.9. The number of piperidine rings is 1. The Balaban J connectivity index is 1.35. The molecule has 5 nitrogen and oxygen atoms in total. The van der Waals surface area contributed by atoms with Crippen LogP contribution in [0.15, 0.2) is 30.3 Å². The number of likely N-dealkylation sites (tertiary alicyclic amines) is 1. The Bertz CT molecular complexity index is 764. The first-order valence-corrected chi connectivity index (χ1v) is 10.3. The molecule has 2 aliphatic rings. The Morgan fingerprint density at radius 2 is 2.12 bits per heavy atom. The van der Waals surface area contributed by atoms with Crippen molar-refractivity contribution in [1.29, 1.82) is 0 Å². The van der Waals surface area contributed by atoms with E-state index in [9.17, 15) is 9.59 Å². The Morgan fingerprint density at radius 3 is 2.92 bits per heavy atom. The first-order valence-electron chi connectivity index (χ1n) is 9.49. The van der Waals surface area contributed by atoms with Crippen LogP contribution < -0.4 is 10.6 Å². The number of nitrogens with zero attached hydrogens (tertiary/aromatic N) is 1. The van der Waals surface area contributed by atoms with Crippen LogP contribution in [0.1, 0.15) is 35.4 Å². The van der Waals surface area contributed by atoms with Crippen LogP contribution in [0.5, 0.6) is 0 Å². The predicted octanol–water partition coefficient (Wildman–Crippen LogP) is 2.62. The summed E-state index contributed by atoms with van der Waals surface area (Å²) in [5, 5.41) is 7.44. The molecule has 2 amide bonds. The standard InChI is InChI=1S/C20H25N3O2S/c24-19(16-7-3-9-21-16)22-12-14-5-4-10-23(13-14)20(25)18-11-15-6-1-2-8-17(15)26-18/h1-2,6,8,11,14,16,21H,3-5,7,9-10,12-13H2,(H,22,24). The van der Waals surface area contributed by atoms with E-state index in [1.807, 2.05) is 29.2 Å². The molecule has 2 N–H and O–H groups in total. The molecular weight excluding hydrogens is 346 g/mol. The maximum Gasteiger partial charge on any atom is 0.263 e. The van der Waals surface area contributed by atoms with Gasteiger partial charge < -0.3 is 15.5 Å². The highest BCUT2D eigenvalue weighted by Gasteiger charge is 2.27. The Morgan fingerprint density at radius 1 is 1.23 bits per heavy atom. The van der Waals surface area contributed by atoms with Gasteiger partial charge in [-0.25, -0.2) is 0 Å². The molecule has 1 aromatic heterocycles. The molecule has 2 unspecified atom stereocenters. The van der Waals surface area contributed by atoms with Crippen molar-refractivity contribution in [3.05, 3.63) is 35.2 Å². The Hall–Kier alpha value is -1.92. The maximum absolute atomic E-state index is 12.9. The third-order valence-corrected chi connectivity index (χ3v) is 6.49. The van der Waals surface area contributed by atoms with Gasteiger partial charge >= 0.3 is 0 Å². The lowest BCUT2D eigenvalue weighted by atomic mass is 9.97. The summed E-state index contributed by atoms with van der Waals surface area (Å²) in [4.78, 5) is 27.8. The van der Waals surface area contributed by atoms with Gasteiger partial charge in [0.1, 0.15) is 0 Å². The van der Waals surface area contributed by atoms with Gasteiger partial charge in [-0.15, -0.1) is 11.3 Å². The Labute approximate surface area is 157 Å². The smallest absolute Gasteiger partial charge is 0.263 e. The monoisotopic (exact) mass is 371 g/mol. The molecule has 0 bridgehead atoms. The van der Waals surface area contributed by atoms with Crippen molar-refractivity contribution in [2.75, 3.05) is 26.2 Å². The SMILES string of the molecule is O=C(NCC1CCCN(C(=O)c2cc3ccccc3s2)C1)C1CCCN1. The van der Waals surface area contributed by atoms with Gasteiger partial charge in [0.25, 0.3) is 5.91 Å². The molecule has 0 saturated carbocycles. The minimum atomic E-state index is -0.0325. The fourth-order valence-electron chi connectivity index (χ4n) is 3.94. The molecule has 1 aromatic carbocycles. The van der Waals surface area contributed by atoms with Gasteiger partial charge in [0, 0.05) is 24.3 Å². The van der Waals surface area contributed by atoms with Crippen LogP contribution in [0.25, 0.3) is 10.1 Å². The lowest BCUT2D eigenvalue weighted by Crippen LogP contribution is -2.46. The molecular formula is C20H25N3O2S. The van der Waals surface area contributed by atoms with Crippen molar-refractivity contribution in [3.63, 3.8) is 0 Å². The second kappa shape index (κ2) is 7.76. The lowest BCUT2D eigenvalue weighted by molar-refractivity contribution is -0.123. The topological polar surface area (TPSA) is 61.4 Å². The zero-order chi connectivity index (χ0) is 17.9. The number of fused-ring (bicyclic) bond motifs is 1. The number of thiophene rings is 1. The number of hydrogen-bond acceptors (Lipinski definition) is 4. The molecule has 4 rings (SSSR count). The third kappa shape index (κ3) is 3.76. The summed E-state index contributed by atoms with van der Waals surface area (Å²) in [6.45, 7) is 3.12. The van der Waals surface area contributed by atoms with Crippen molar-refractivity contribution in [2.45, 2.75) is 31.7 Å². The van der Waals surface area contributed by atoms with Gasteiger partial charge in [0.15, 0.2) is 0 Å². The highest BCUT2D eigenvalue weighted by molar-refractivity contribution is 7.20. The average Bonchev–Trinajstić information content (AvgIpc) is 3.35. The normalized spacial score (nSPS) is 23.3. The van der Waals surface area contributed by atoms with Crippen molar-refractivity contribution in [2.24, 2.45) is 5.92 Å². The minimum Gasteiger partial charge on any atom is -0.354 e. The molecule has 2 atom stereocenters. The average molecular weight is 372 g/mol. The minimum absolute atomic E-state index is 0.0325. The highest BCUT2D eigenvalue weighted by atomic mass is 32.1. The van der Waals surface area contributed by atoms with E-state index in [2.05, 4.69) is 16.7 Å². The summed E-state index contributed by atoms with van der Waals surface area (Å²) in [6, 6.07) is 10.1. The number of nitrogens with one attached hydrogen (secondary N) is 2. The fraction of sp³-hybridized carbons (Fsp3) is 0.500. The molecule has 2 aromatic rings. The van der Waals surface area contributed by atoms with Crippen LogP contribution in [0.4, 0.5) is 0 Å². The molecule has 26 heavy (non-hydrogen) atoms. The van der Waals surface area contributed by atoms with Gasteiger partial charge in [-0.05, 0) is 55.7 Å². The van der Waals surface area contributed by atoms with E-state index in [1.54, 1.807) is 11.3 Å². The molecule has 0 aliphatic carbocycles. The van der Waals surface area contributed by atoms with E-state index >= 15 is 0 Å².